The van der Waals surface area contributed by atoms with Crippen LogP contribution >= 0.6 is 23.1 Å². The van der Waals surface area contributed by atoms with Gasteiger partial charge in [0.1, 0.15) is 0 Å². The van der Waals surface area contributed by atoms with Gasteiger partial charge in [-0.15, -0.1) is 11.3 Å². The fourth-order valence-electron chi connectivity index (χ4n) is 2.29. The second-order valence-corrected chi connectivity index (χ2v) is 7.35. The Bertz CT molecular complexity index is 334. The van der Waals surface area contributed by atoms with Crippen LogP contribution < -0.4 is 5.32 Å². The first-order valence-corrected chi connectivity index (χ1v) is 8.62. The molecule has 2 rings (SSSR count). The zero-order valence-electron chi connectivity index (χ0n) is 11.1. The van der Waals surface area contributed by atoms with Crippen LogP contribution in [0.25, 0.3) is 0 Å². The van der Waals surface area contributed by atoms with Crippen LogP contribution in [-0.4, -0.2) is 12.3 Å². The van der Waals surface area contributed by atoms with Gasteiger partial charge in [0.25, 0.3) is 0 Å². The van der Waals surface area contributed by atoms with Crippen molar-refractivity contribution in [1.82, 2.24) is 5.32 Å². The molecule has 1 unspecified atom stereocenters. The second kappa shape index (κ2) is 6.26. The lowest BCUT2D eigenvalue weighted by Gasteiger charge is -2.20. The number of thiophene rings is 1. The molecule has 1 aliphatic heterocycles. The molecule has 2 heterocycles. The summed E-state index contributed by atoms with van der Waals surface area (Å²) in [5, 5.41) is 3.70. The molecule has 0 saturated carbocycles. The number of rotatable bonds is 5. The largest absolute Gasteiger partial charge is 0.309 e. The van der Waals surface area contributed by atoms with E-state index in [0.717, 1.165) is 6.54 Å². The predicted octanol–water partition coefficient (Wildman–Crippen LogP) is 4.23. The zero-order valence-corrected chi connectivity index (χ0v) is 12.7. The minimum absolute atomic E-state index is 0.551. The summed E-state index contributed by atoms with van der Waals surface area (Å²) in [6.07, 6.45) is 2.49. The highest BCUT2D eigenvalue weighted by Gasteiger charge is 2.21. The van der Waals surface area contributed by atoms with E-state index in [1.807, 2.05) is 11.3 Å². The van der Waals surface area contributed by atoms with Crippen LogP contribution in [0, 0.1) is 5.92 Å². The van der Waals surface area contributed by atoms with E-state index in [1.54, 1.807) is 15.3 Å². The third-order valence-corrected chi connectivity index (χ3v) is 5.56. The Morgan fingerprint density at radius 1 is 1.41 bits per heavy atom. The standard InChI is InChI=1S/C14H23NS2/c1-4-6-15-14(10(2)3)13-8-11-9-16-7-5-12(11)17-13/h8,10,14-15H,4-7,9H2,1-3H3. The van der Waals surface area contributed by atoms with Gasteiger partial charge in [-0.2, -0.15) is 11.8 Å². The molecular weight excluding hydrogens is 246 g/mol. The van der Waals surface area contributed by atoms with Gasteiger partial charge in [0.05, 0.1) is 0 Å². The molecule has 0 aromatic carbocycles. The first kappa shape index (κ1) is 13.4. The highest BCUT2D eigenvalue weighted by molar-refractivity contribution is 7.98. The van der Waals surface area contributed by atoms with E-state index in [9.17, 15) is 0 Å². The molecule has 0 fully saturated rings. The van der Waals surface area contributed by atoms with Crippen LogP contribution in [0.5, 0.6) is 0 Å². The normalized spacial score (nSPS) is 17.2. The number of hydrogen-bond acceptors (Lipinski definition) is 3. The van der Waals surface area contributed by atoms with E-state index < -0.39 is 0 Å². The van der Waals surface area contributed by atoms with Crippen molar-refractivity contribution in [2.24, 2.45) is 5.92 Å². The summed E-state index contributed by atoms with van der Waals surface area (Å²) >= 11 is 4.12. The molecule has 0 amide bonds. The number of hydrogen-bond donors (Lipinski definition) is 1. The summed E-state index contributed by atoms with van der Waals surface area (Å²) in [4.78, 5) is 3.20. The van der Waals surface area contributed by atoms with Gasteiger partial charge < -0.3 is 5.32 Å². The number of fused-ring (bicyclic) bond motifs is 1. The SMILES string of the molecule is CCCNC(c1cc2c(s1)CCSC2)C(C)C. The van der Waals surface area contributed by atoms with Crippen molar-refractivity contribution in [2.45, 2.75) is 45.4 Å². The summed E-state index contributed by atoms with van der Waals surface area (Å²) in [7, 11) is 0. The molecule has 0 spiro atoms. The molecule has 96 valence electrons. The minimum atomic E-state index is 0.551. The maximum absolute atomic E-state index is 3.70. The molecule has 3 heteroatoms. The van der Waals surface area contributed by atoms with Crippen LogP contribution in [0.3, 0.4) is 0 Å². The average Bonchev–Trinajstić information content (AvgIpc) is 2.72. The Balaban J connectivity index is 2.14. The zero-order chi connectivity index (χ0) is 12.3. The van der Waals surface area contributed by atoms with Crippen molar-refractivity contribution in [3.05, 3.63) is 21.4 Å². The Morgan fingerprint density at radius 3 is 2.88 bits per heavy atom. The van der Waals surface area contributed by atoms with Crippen LogP contribution in [0.15, 0.2) is 6.07 Å². The molecule has 17 heavy (non-hydrogen) atoms. The van der Waals surface area contributed by atoms with Gasteiger partial charge in [0.2, 0.25) is 0 Å². The van der Waals surface area contributed by atoms with Crippen molar-refractivity contribution in [3.8, 4) is 0 Å². The van der Waals surface area contributed by atoms with Crippen molar-refractivity contribution < 1.29 is 0 Å². The minimum Gasteiger partial charge on any atom is -0.309 e. The molecule has 0 radical (unpaired) electrons. The van der Waals surface area contributed by atoms with Gasteiger partial charge in [0, 0.05) is 21.5 Å². The van der Waals surface area contributed by atoms with Gasteiger partial charge in [-0.05, 0) is 42.7 Å². The Kier molecular flexibility index (Phi) is 4.95. The summed E-state index contributed by atoms with van der Waals surface area (Å²) in [6, 6.07) is 3.01. The summed E-state index contributed by atoms with van der Waals surface area (Å²) in [6.45, 7) is 8.00. The van der Waals surface area contributed by atoms with Crippen LogP contribution in [0.2, 0.25) is 0 Å². The fraction of sp³-hybridized carbons (Fsp3) is 0.714. The third kappa shape index (κ3) is 3.27. The van der Waals surface area contributed by atoms with Gasteiger partial charge in [0.15, 0.2) is 0 Å². The first-order chi connectivity index (χ1) is 8.22. The van der Waals surface area contributed by atoms with E-state index in [4.69, 9.17) is 0 Å². The molecule has 0 saturated heterocycles. The first-order valence-electron chi connectivity index (χ1n) is 6.65. The average molecular weight is 269 g/mol. The highest BCUT2D eigenvalue weighted by atomic mass is 32.2. The van der Waals surface area contributed by atoms with E-state index >= 15 is 0 Å². The molecule has 0 bridgehead atoms. The van der Waals surface area contributed by atoms with Crippen molar-refractivity contribution in [1.29, 1.82) is 0 Å². The molecule has 1 nitrogen and oxygen atoms in total. The third-order valence-electron chi connectivity index (χ3n) is 3.23. The van der Waals surface area contributed by atoms with Gasteiger partial charge in [-0.1, -0.05) is 20.8 Å². The van der Waals surface area contributed by atoms with Gasteiger partial charge in [-0.25, -0.2) is 0 Å². The highest BCUT2D eigenvalue weighted by Crippen LogP contribution is 2.36. The molecule has 1 atom stereocenters. The lowest BCUT2D eigenvalue weighted by atomic mass is 10.0. The van der Waals surface area contributed by atoms with Crippen molar-refractivity contribution in [3.63, 3.8) is 0 Å². The summed E-state index contributed by atoms with van der Waals surface area (Å²) in [5.74, 6) is 3.21. The molecule has 1 aliphatic rings. The molecular formula is C14H23NS2. The van der Waals surface area contributed by atoms with E-state index in [-0.39, 0.29) is 0 Å². The Hall–Kier alpha value is 0.01000. The summed E-state index contributed by atoms with van der Waals surface area (Å²) in [5.41, 5.74) is 1.60. The van der Waals surface area contributed by atoms with E-state index in [0.29, 0.717) is 12.0 Å². The fourth-order valence-corrected chi connectivity index (χ4v) is 4.91. The molecule has 1 N–H and O–H groups in total. The Labute approximate surface area is 113 Å². The number of aryl methyl sites for hydroxylation is 1. The summed E-state index contributed by atoms with van der Waals surface area (Å²) < 4.78 is 0. The predicted molar refractivity (Wildman–Crippen MR) is 80.1 cm³/mol. The second-order valence-electron chi connectivity index (χ2n) is 5.08. The Morgan fingerprint density at radius 2 is 2.24 bits per heavy atom. The van der Waals surface area contributed by atoms with Gasteiger partial charge >= 0.3 is 0 Å². The smallest absolute Gasteiger partial charge is 0.0438 e. The quantitative estimate of drug-likeness (QED) is 0.858. The van der Waals surface area contributed by atoms with Crippen LogP contribution in [0.4, 0.5) is 0 Å². The van der Waals surface area contributed by atoms with Crippen LogP contribution in [0.1, 0.15) is 48.6 Å². The maximum Gasteiger partial charge on any atom is 0.0438 e. The molecule has 1 aromatic rings. The van der Waals surface area contributed by atoms with E-state index in [1.165, 1.54) is 24.3 Å². The topological polar surface area (TPSA) is 12.0 Å². The molecule has 1 aromatic heterocycles. The van der Waals surface area contributed by atoms with E-state index in [2.05, 4.69) is 43.9 Å². The monoisotopic (exact) mass is 269 g/mol. The van der Waals surface area contributed by atoms with Crippen LogP contribution in [-0.2, 0) is 12.2 Å². The lowest BCUT2D eigenvalue weighted by molar-refractivity contribution is 0.418. The number of nitrogens with one attached hydrogen (secondary N) is 1. The van der Waals surface area contributed by atoms with Gasteiger partial charge in [-0.3, -0.25) is 0 Å². The van der Waals surface area contributed by atoms with Crippen molar-refractivity contribution >= 4 is 23.1 Å². The maximum atomic E-state index is 3.70. The molecule has 0 aliphatic carbocycles. The number of thioether (sulfide) groups is 1. The lowest BCUT2D eigenvalue weighted by Crippen LogP contribution is -2.25. The van der Waals surface area contributed by atoms with Crippen molar-refractivity contribution in [2.75, 3.05) is 12.3 Å².